The van der Waals surface area contributed by atoms with Crippen molar-refractivity contribution < 1.29 is 4.74 Å². The van der Waals surface area contributed by atoms with Crippen molar-refractivity contribution >= 4 is 0 Å². The summed E-state index contributed by atoms with van der Waals surface area (Å²) < 4.78 is 4.95. The number of rotatable bonds is 10. The Labute approximate surface area is 104 Å². The molecule has 1 aromatic heterocycles. The van der Waals surface area contributed by atoms with Crippen molar-refractivity contribution in [3.63, 3.8) is 0 Å². The van der Waals surface area contributed by atoms with Crippen LogP contribution in [0.15, 0.2) is 24.5 Å². The molecule has 0 aliphatic heterocycles. The molecule has 0 aliphatic rings. The van der Waals surface area contributed by atoms with Crippen LogP contribution in [-0.2, 0) is 11.2 Å². The van der Waals surface area contributed by atoms with Gasteiger partial charge in [-0.05, 0) is 31.0 Å². The van der Waals surface area contributed by atoms with Crippen LogP contribution in [-0.4, -0.2) is 44.9 Å². The lowest BCUT2D eigenvalue weighted by atomic mass is 10.1. The number of aryl methyl sites for hydroxylation is 1. The van der Waals surface area contributed by atoms with Crippen molar-refractivity contribution in [2.75, 3.05) is 39.9 Å². The normalized spacial score (nSPS) is 10.6. The number of aromatic nitrogens is 1. The van der Waals surface area contributed by atoms with Crippen LogP contribution < -0.4 is 10.6 Å². The van der Waals surface area contributed by atoms with Gasteiger partial charge in [-0.15, -0.1) is 0 Å². The van der Waals surface area contributed by atoms with Gasteiger partial charge in [0.15, 0.2) is 0 Å². The molecule has 0 radical (unpaired) electrons. The number of nitrogens with one attached hydrogen (secondary N) is 2. The Morgan fingerprint density at radius 3 is 2.71 bits per heavy atom. The van der Waals surface area contributed by atoms with Crippen molar-refractivity contribution in [1.82, 2.24) is 15.6 Å². The Morgan fingerprint density at radius 1 is 1.18 bits per heavy atom. The molecule has 4 heteroatoms. The topological polar surface area (TPSA) is 46.2 Å². The summed E-state index contributed by atoms with van der Waals surface area (Å²) in [6.45, 7) is 4.77. The molecule has 17 heavy (non-hydrogen) atoms. The Hall–Kier alpha value is -0.970. The van der Waals surface area contributed by atoms with E-state index in [1.165, 1.54) is 5.56 Å². The van der Waals surface area contributed by atoms with Crippen LogP contribution in [0, 0.1) is 0 Å². The second-order valence-electron chi connectivity index (χ2n) is 3.96. The highest BCUT2D eigenvalue weighted by Gasteiger charge is 1.92. The van der Waals surface area contributed by atoms with Gasteiger partial charge >= 0.3 is 0 Å². The lowest BCUT2D eigenvalue weighted by molar-refractivity contribution is 0.199. The zero-order valence-electron chi connectivity index (χ0n) is 10.6. The average Bonchev–Trinajstić information content (AvgIpc) is 2.38. The van der Waals surface area contributed by atoms with Crippen LogP contribution in [0.2, 0.25) is 0 Å². The highest BCUT2D eigenvalue weighted by molar-refractivity contribution is 5.08. The third kappa shape index (κ3) is 7.85. The highest BCUT2D eigenvalue weighted by atomic mass is 16.5. The molecule has 0 spiro atoms. The lowest BCUT2D eigenvalue weighted by Crippen LogP contribution is -2.30. The Bertz CT molecular complexity index is 267. The molecule has 0 atom stereocenters. The predicted molar refractivity (Wildman–Crippen MR) is 70.2 cm³/mol. The van der Waals surface area contributed by atoms with Gasteiger partial charge in [0.25, 0.3) is 0 Å². The fourth-order valence-electron chi connectivity index (χ4n) is 1.56. The molecular weight excluding hydrogens is 214 g/mol. The zero-order valence-corrected chi connectivity index (χ0v) is 10.6. The number of nitrogens with zero attached hydrogens (tertiary/aromatic N) is 1. The molecule has 0 fully saturated rings. The van der Waals surface area contributed by atoms with Gasteiger partial charge in [0, 0.05) is 39.1 Å². The number of hydrogen-bond donors (Lipinski definition) is 2. The average molecular weight is 237 g/mol. The van der Waals surface area contributed by atoms with E-state index in [1.807, 2.05) is 18.5 Å². The molecule has 0 saturated carbocycles. The van der Waals surface area contributed by atoms with Crippen molar-refractivity contribution in [2.45, 2.75) is 12.8 Å². The molecule has 0 unspecified atom stereocenters. The van der Waals surface area contributed by atoms with Crippen molar-refractivity contribution in [3.8, 4) is 0 Å². The summed E-state index contributed by atoms with van der Waals surface area (Å²) in [6, 6.07) is 4.11. The molecule has 0 aromatic carbocycles. The third-order valence-electron chi connectivity index (χ3n) is 2.50. The summed E-state index contributed by atoms with van der Waals surface area (Å²) in [5.41, 5.74) is 1.31. The fraction of sp³-hybridized carbons (Fsp3) is 0.615. The van der Waals surface area contributed by atoms with E-state index in [9.17, 15) is 0 Å². The van der Waals surface area contributed by atoms with Crippen LogP contribution in [0.25, 0.3) is 0 Å². The molecule has 0 aliphatic carbocycles. The number of methoxy groups -OCH3 is 1. The smallest absolute Gasteiger partial charge is 0.0587 e. The van der Waals surface area contributed by atoms with Gasteiger partial charge in [-0.3, -0.25) is 4.98 Å². The SMILES string of the molecule is COCCNCCNCCCc1cccnc1. The van der Waals surface area contributed by atoms with Crippen molar-refractivity contribution in [2.24, 2.45) is 0 Å². The molecular formula is C13H23N3O. The van der Waals surface area contributed by atoms with Gasteiger partial charge in [0.05, 0.1) is 6.61 Å². The second kappa shape index (κ2) is 10.2. The summed E-state index contributed by atoms with van der Waals surface area (Å²) in [4.78, 5) is 4.10. The first kappa shape index (κ1) is 14.1. The minimum Gasteiger partial charge on any atom is -0.383 e. The molecule has 1 aromatic rings. The van der Waals surface area contributed by atoms with Crippen LogP contribution in [0.5, 0.6) is 0 Å². The first-order valence-electron chi connectivity index (χ1n) is 6.23. The van der Waals surface area contributed by atoms with E-state index in [2.05, 4.69) is 21.7 Å². The van der Waals surface area contributed by atoms with E-state index in [-0.39, 0.29) is 0 Å². The molecule has 0 saturated heterocycles. The summed E-state index contributed by atoms with van der Waals surface area (Å²) in [5, 5.41) is 6.71. The van der Waals surface area contributed by atoms with Crippen molar-refractivity contribution in [3.05, 3.63) is 30.1 Å². The Kier molecular flexibility index (Phi) is 8.46. The quantitative estimate of drug-likeness (QED) is 0.592. The van der Waals surface area contributed by atoms with E-state index >= 15 is 0 Å². The zero-order chi connectivity index (χ0) is 12.2. The molecule has 1 rings (SSSR count). The van der Waals surface area contributed by atoms with E-state index in [1.54, 1.807) is 7.11 Å². The second-order valence-corrected chi connectivity index (χ2v) is 3.96. The lowest BCUT2D eigenvalue weighted by Gasteiger charge is -2.06. The summed E-state index contributed by atoms with van der Waals surface area (Å²) in [6.07, 6.45) is 6.00. The standard InChI is InChI=1S/C13H23N3O/c1-17-11-10-15-9-8-14-6-2-4-13-5-3-7-16-12-13/h3,5,7,12,14-15H,2,4,6,8-11H2,1H3. The van der Waals surface area contributed by atoms with Gasteiger partial charge in [0.2, 0.25) is 0 Å². The van der Waals surface area contributed by atoms with E-state index in [0.29, 0.717) is 0 Å². The largest absolute Gasteiger partial charge is 0.383 e. The van der Waals surface area contributed by atoms with E-state index in [4.69, 9.17) is 4.74 Å². The minimum absolute atomic E-state index is 0.779. The van der Waals surface area contributed by atoms with Crippen molar-refractivity contribution in [1.29, 1.82) is 0 Å². The molecule has 0 bridgehead atoms. The van der Waals surface area contributed by atoms with Gasteiger partial charge in [-0.2, -0.15) is 0 Å². The molecule has 0 amide bonds. The van der Waals surface area contributed by atoms with Gasteiger partial charge in [-0.1, -0.05) is 6.07 Å². The third-order valence-corrected chi connectivity index (χ3v) is 2.50. The van der Waals surface area contributed by atoms with Crippen LogP contribution in [0.4, 0.5) is 0 Å². The van der Waals surface area contributed by atoms with Crippen LogP contribution in [0.1, 0.15) is 12.0 Å². The van der Waals surface area contributed by atoms with Gasteiger partial charge < -0.3 is 15.4 Å². The fourth-order valence-corrected chi connectivity index (χ4v) is 1.56. The molecule has 96 valence electrons. The number of ether oxygens (including phenoxy) is 1. The maximum atomic E-state index is 4.95. The maximum Gasteiger partial charge on any atom is 0.0587 e. The maximum absolute atomic E-state index is 4.95. The van der Waals surface area contributed by atoms with Gasteiger partial charge in [0.1, 0.15) is 0 Å². The molecule has 2 N–H and O–H groups in total. The molecule has 1 heterocycles. The first-order valence-corrected chi connectivity index (χ1v) is 6.23. The summed E-state index contributed by atoms with van der Waals surface area (Å²) in [7, 11) is 1.72. The molecule has 4 nitrogen and oxygen atoms in total. The first-order chi connectivity index (χ1) is 8.43. The predicted octanol–water partition coefficient (Wildman–Crippen LogP) is 0.840. The monoisotopic (exact) mass is 237 g/mol. The van der Waals surface area contributed by atoms with E-state index in [0.717, 1.165) is 45.6 Å². The van der Waals surface area contributed by atoms with Crippen LogP contribution in [0.3, 0.4) is 0 Å². The van der Waals surface area contributed by atoms with Gasteiger partial charge in [-0.25, -0.2) is 0 Å². The highest BCUT2D eigenvalue weighted by Crippen LogP contribution is 1.98. The Morgan fingerprint density at radius 2 is 2.00 bits per heavy atom. The minimum atomic E-state index is 0.779. The van der Waals surface area contributed by atoms with E-state index < -0.39 is 0 Å². The van der Waals surface area contributed by atoms with Crippen LogP contribution >= 0.6 is 0 Å². The summed E-state index contributed by atoms with van der Waals surface area (Å²) >= 11 is 0. The number of hydrogen-bond acceptors (Lipinski definition) is 4. The summed E-state index contributed by atoms with van der Waals surface area (Å²) in [5.74, 6) is 0. The Balaban J connectivity index is 1.85. The number of pyridine rings is 1.